The minimum Gasteiger partial charge on any atom is -0.274 e. The Bertz CT molecular complexity index is 509. The first-order valence-corrected chi connectivity index (χ1v) is 4.42. The number of halogens is 1. The molecular weight excluding hydrogens is 232 g/mol. The zero-order valence-corrected chi connectivity index (χ0v) is 8.41. The van der Waals surface area contributed by atoms with Crippen molar-refractivity contribution in [3.8, 4) is 6.07 Å². The van der Waals surface area contributed by atoms with E-state index in [2.05, 4.69) is 25.9 Å². The van der Waals surface area contributed by atoms with E-state index in [9.17, 15) is 0 Å². The highest BCUT2D eigenvalue weighted by Crippen LogP contribution is 2.16. The highest BCUT2D eigenvalue weighted by molar-refractivity contribution is 9.10. The fraction of sp³-hybridized carbons (Fsp3) is 0.125. The Morgan fingerprint density at radius 3 is 3.08 bits per heavy atom. The number of nitrogens with zero attached hydrogens (tertiary/aromatic N) is 4. The predicted molar refractivity (Wildman–Crippen MR) is 50.1 cm³/mol. The van der Waals surface area contributed by atoms with E-state index in [4.69, 9.17) is 5.26 Å². The minimum atomic E-state index is 0.346. The van der Waals surface area contributed by atoms with Crippen LogP contribution in [0.3, 0.4) is 0 Å². The minimum absolute atomic E-state index is 0.346. The summed E-state index contributed by atoms with van der Waals surface area (Å²) in [6.45, 7) is 1.88. The molecule has 0 aromatic carbocycles. The predicted octanol–water partition coefficient (Wildman–Crippen LogP) is 1.67. The van der Waals surface area contributed by atoms with Gasteiger partial charge in [0.25, 0.3) is 0 Å². The van der Waals surface area contributed by atoms with Gasteiger partial charge in [0.1, 0.15) is 6.07 Å². The van der Waals surface area contributed by atoms with Gasteiger partial charge in [-0.2, -0.15) is 5.26 Å². The Kier molecular flexibility index (Phi) is 1.78. The smallest absolute Gasteiger partial charge is 0.218 e. The third kappa shape index (κ3) is 1.19. The average molecular weight is 237 g/mol. The van der Waals surface area contributed by atoms with E-state index in [1.165, 1.54) is 0 Å². The zero-order valence-electron chi connectivity index (χ0n) is 6.82. The van der Waals surface area contributed by atoms with E-state index in [-0.39, 0.29) is 0 Å². The second-order valence-electron chi connectivity index (χ2n) is 2.62. The van der Waals surface area contributed by atoms with Gasteiger partial charge in [-0.15, -0.1) is 0 Å². The summed E-state index contributed by atoms with van der Waals surface area (Å²) >= 11 is 3.32. The molecule has 0 N–H and O–H groups in total. The summed E-state index contributed by atoms with van der Waals surface area (Å²) in [4.78, 5) is 8.20. The molecule has 2 aromatic heterocycles. The molecule has 0 radical (unpaired) electrons. The van der Waals surface area contributed by atoms with E-state index < -0.39 is 0 Å². The van der Waals surface area contributed by atoms with Crippen molar-refractivity contribution in [2.24, 2.45) is 0 Å². The van der Waals surface area contributed by atoms with E-state index >= 15 is 0 Å². The molecule has 0 atom stereocenters. The Morgan fingerprint density at radius 2 is 2.38 bits per heavy atom. The summed E-state index contributed by atoms with van der Waals surface area (Å²) in [6, 6.07) is 2.00. The Labute approximate surface area is 83.0 Å². The maximum Gasteiger partial charge on any atom is 0.218 e. The molecule has 0 spiro atoms. The third-order valence-corrected chi connectivity index (χ3v) is 2.23. The van der Waals surface area contributed by atoms with Crippen molar-refractivity contribution in [1.82, 2.24) is 14.4 Å². The number of aryl methyl sites for hydroxylation is 1. The van der Waals surface area contributed by atoms with Gasteiger partial charge in [-0.05, 0) is 22.9 Å². The summed E-state index contributed by atoms with van der Waals surface area (Å²) in [5.74, 6) is 0.346. The topological polar surface area (TPSA) is 54.0 Å². The van der Waals surface area contributed by atoms with E-state index in [1.807, 2.05) is 13.0 Å². The summed E-state index contributed by atoms with van der Waals surface area (Å²) in [6.07, 6.45) is 3.37. The second kappa shape index (κ2) is 2.82. The van der Waals surface area contributed by atoms with Crippen molar-refractivity contribution in [2.45, 2.75) is 6.92 Å². The fourth-order valence-corrected chi connectivity index (χ4v) is 1.53. The van der Waals surface area contributed by atoms with Crippen LogP contribution in [0.1, 0.15) is 11.5 Å². The Balaban J connectivity index is 2.94. The van der Waals surface area contributed by atoms with Gasteiger partial charge >= 0.3 is 0 Å². The van der Waals surface area contributed by atoms with Crippen molar-refractivity contribution in [3.05, 3.63) is 28.4 Å². The summed E-state index contributed by atoms with van der Waals surface area (Å²) < 4.78 is 2.46. The monoisotopic (exact) mass is 236 g/mol. The van der Waals surface area contributed by atoms with E-state index in [0.717, 1.165) is 15.8 Å². The lowest BCUT2D eigenvalue weighted by Gasteiger charge is -1.96. The number of imidazole rings is 1. The zero-order chi connectivity index (χ0) is 9.42. The van der Waals surface area contributed by atoms with Crippen molar-refractivity contribution >= 4 is 21.6 Å². The highest BCUT2D eigenvalue weighted by atomic mass is 79.9. The lowest BCUT2D eigenvalue weighted by molar-refractivity contribution is 1.03. The molecule has 13 heavy (non-hydrogen) atoms. The normalized spacial score (nSPS) is 10.2. The standard InChI is InChI=1S/C8H5BrN4/c1-5-4-13-7(2-10)11-3-6(9)8(13)12-5/h3-4H,1H3. The molecule has 0 saturated heterocycles. The number of hydrogen-bond donors (Lipinski definition) is 0. The molecular formula is C8H5BrN4. The fourth-order valence-electron chi connectivity index (χ4n) is 1.15. The summed E-state index contributed by atoms with van der Waals surface area (Å²) in [7, 11) is 0. The maximum atomic E-state index is 8.76. The Morgan fingerprint density at radius 1 is 1.62 bits per heavy atom. The average Bonchev–Trinajstić information content (AvgIpc) is 2.48. The first-order chi connectivity index (χ1) is 6.22. The van der Waals surface area contributed by atoms with Gasteiger partial charge < -0.3 is 0 Å². The number of aromatic nitrogens is 3. The van der Waals surface area contributed by atoms with Crippen LogP contribution in [-0.2, 0) is 0 Å². The van der Waals surface area contributed by atoms with Crippen molar-refractivity contribution < 1.29 is 0 Å². The molecule has 4 nitrogen and oxygen atoms in total. The van der Waals surface area contributed by atoms with Crippen LogP contribution in [0.5, 0.6) is 0 Å². The molecule has 0 amide bonds. The lowest BCUT2D eigenvalue weighted by Crippen LogP contribution is -1.94. The molecule has 2 heterocycles. The van der Waals surface area contributed by atoms with E-state index in [1.54, 1.807) is 16.8 Å². The van der Waals surface area contributed by atoms with Crippen molar-refractivity contribution in [2.75, 3.05) is 0 Å². The maximum absolute atomic E-state index is 8.76. The molecule has 0 bridgehead atoms. The van der Waals surface area contributed by atoms with Crippen LogP contribution in [0.25, 0.3) is 5.65 Å². The molecule has 2 aromatic rings. The number of rotatable bonds is 0. The first-order valence-electron chi connectivity index (χ1n) is 3.62. The van der Waals surface area contributed by atoms with Gasteiger partial charge in [0.05, 0.1) is 10.2 Å². The van der Waals surface area contributed by atoms with Gasteiger partial charge in [0, 0.05) is 12.4 Å². The van der Waals surface area contributed by atoms with Gasteiger partial charge in [0.2, 0.25) is 5.82 Å². The number of hydrogen-bond acceptors (Lipinski definition) is 3. The molecule has 64 valence electrons. The van der Waals surface area contributed by atoms with Gasteiger partial charge in [-0.1, -0.05) is 0 Å². The SMILES string of the molecule is Cc1cn2c(C#N)ncc(Br)c2n1. The molecule has 5 heteroatoms. The third-order valence-electron chi connectivity index (χ3n) is 1.67. The van der Waals surface area contributed by atoms with Gasteiger partial charge in [0.15, 0.2) is 5.65 Å². The summed E-state index contributed by atoms with van der Waals surface area (Å²) in [5.41, 5.74) is 1.59. The molecule has 2 rings (SSSR count). The number of nitriles is 1. The summed E-state index contributed by atoms with van der Waals surface area (Å²) in [5, 5.41) is 8.76. The molecule has 0 aliphatic carbocycles. The second-order valence-corrected chi connectivity index (χ2v) is 3.47. The van der Waals surface area contributed by atoms with Gasteiger partial charge in [-0.25, -0.2) is 9.97 Å². The highest BCUT2D eigenvalue weighted by Gasteiger charge is 2.06. The Hall–Kier alpha value is -1.41. The van der Waals surface area contributed by atoms with Crippen LogP contribution in [0.15, 0.2) is 16.9 Å². The van der Waals surface area contributed by atoms with E-state index in [0.29, 0.717) is 5.82 Å². The molecule has 0 aliphatic heterocycles. The largest absolute Gasteiger partial charge is 0.274 e. The molecule has 0 fully saturated rings. The van der Waals surface area contributed by atoms with Crippen LogP contribution < -0.4 is 0 Å². The lowest BCUT2D eigenvalue weighted by atomic mass is 10.5. The number of fused-ring (bicyclic) bond motifs is 1. The van der Waals surface area contributed by atoms with Gasteiger partial charge in [-0.3, -0.25) is 4.40 Å². The van der Waals surface area contributed by atoms with Crippen LogP contribution in [0, 0.1) is 18.3 Å². The van der Waals surface area contributed by atoms with Crippen LogP contribution in [-0.4, -0.2) is 14.4 Å². The van der Waals surface area contributed by atoms with Crippen molar-refractivity contribution in [3.63, 3.8) is 0 Å². The molecule has 0 unspecified atom stereocenters. The van der Waals surface area contributed by atoms with Crippen LogP contribution >= 0.6 is 15.9 Å². The molecule has 0 saturated carbocycles. The van der Waals surface area contributed by atoms with Crippen LogP contribution in [0.2, 0.25) is 0 Å². The van der Waals surface area contributed by atoms with Crippen LogP contribution in [0.4, 0.5) is 0 Å². The molecule has 0 aliphatic rings. The van der Waals surface area contributed by atoms with Crippen molar-refractivity contribution in [1.29, 1.82) is 5.26 Å². The quantitative estimate of drug-likeness (QED) is 0.700. The first kappa shape index (κ1) is 8.20.